The number of pyridine rings is 1. The van der Waals surface area contributed by atoms with Gasteiger partial charge in [-0.2, -0.15) is 0 Å². The van der Waals surface area contributed by atoms with Gasteiger partial charge in [0, 0.05) is 5.56 Å². The first-order chi connectivity index (χ1) is 5.52. The SMILES string of the molecule is CC(=O)c1cc(Cl)nc(Cl)c1C. The second-order valence-electron chi connectivity index (χ2n) is 2.46. The van der Waals surface area contributed by atoms with Gasteiger partial charge in [0.1, 0.15) is 10.3 Å². The number of Topliss-reactive ketones (excluding diaryl/α,β-unsaturated/α-hetero) is 1. The molecule has 0 fully saturated rings. The van der Waals surface area contributed by atoms with Crippen LogP contribution in [-0.2, 0) is 0 Å². The summed E-state index contributed by atoms with van der Waals surface area (Å²) in [6.07, 6.45) is 0. The molecule has 2 nitrogen and oxygen atoms in total. The highest BCUT2D eigenvalue weighted by Gasteiger charge is 2.09. The molecule has 0 unspecified atom stereocenters. The predicted octanol–water partition coefficient (Wildman–Crippen LogP) is 2.90. The summed E-state index contributed by atoms with van der Waals surface area (Å²) in [7, 11) is 0. The molecule has 64 valence electrons. The number of carbonyl (C=O) groups is 1. The van der Waals surface area contributed by atoms with Gasteiger partial charge in [0.25, 0.3) is 0 Å². The molecule has 0 saturated carbocycles. The van der Waals surface area contributed by atoms with Crippen molar-refractivity contribution in [1.29, 1.82) is 0 Å². The molecule has 0 radical (unpaired) electrons. The fourth-order valence-corrected chi connectivity index (χ4v) is 1.34. The van der Waals surface area contributed by atoms with E-state index < -0.39 is 0 Å². The van der Waals surface area contributed by atoms with Crippen molar-refractivity contribution in [3.8, 4) is 0 Å². The van der Waals surface area contributed by atoms with E-state index in [9.17, 15) is 4.79 Å². The summed E-state index contributed by atoms with van der Waals surface area (Å²) in [5.41, 5.74) is 1.20. The molecule has 1 heterocycles. The van der Waals surface area contributed by atoms with Crippen LogP contribution in [0.1, 0.15) is 22.8 Å². The summed E-state index contributed by atoms with van der Waals surface area (Å²) in [5.74, 6) is -0.0568. The van der Waals surface area contributed by atoms with Crippen LogP contribution in [0, 0.1) is 6.92 Å². The molecule has 0 aromatic carbocycles. The number of ketones is 1. The summed E-state index contributed by atoms with van der Waals surface area (Å²) < 4.78 is 0. The van der Waals surface area contributed by atoms with Crippen LogP contribution in [0.2, 0.25) is 10.3 Å². The Hall–Kier alpha value is -0.600. The maximum absolute atomic E-state index is 11.0. The minimum absolute atomic E-state index is 0.0568. The fraction of sp³-hybridized carbons (Fsp3) is 0.250. The van der Waals surface area contributed by atoms with E-state index in [1.807, 2.05) is 0 Å². The molecular weight excluding hydrogens is 197 g/mol. The Morgan fingerprint density at radius 2 is 2.08 bits per heavy atom. The number of hydrogen-bond acceptors (Lipinski definition) is 2. The van der Waals surface area contributed by atoms with Crippen LogP contribution in [0.5, 0.6) is 0 Å². The van der Waals surface area contributed by atoms with E-state index in [2.05, 4.69) is 4.98 Å². The van der Waals surface area contributed by atoms with Gasteiger partial charge in [-0.15, -0.1) is 0 Å². The first-order valence-corrected chi connectivity index (χ1v) is 4.11. The second-order valence-corrected chi connectivity index (χ2v) is 3.21. The number of carbonyl (C=O) groups excluding carboxylic acids is 1. The van der Waals surface area contributed by atoms with Crippen molar-refractivity contribution in [2.75, 3.05) is 0 Å². The third kappa shape index (κ3) is 1.76. The van der Waals surface area contributed by atoms with Gasteiger partial charge in [0.15, 0.2) is 5.78 Å². The van der Waals surface area contributed by atoms with Crippen LogP contribution >= 0.6 is 23.2 Å². The Balaban J connectivity index is 3.37. The highest BCUT2D eigenvalue weighted by molar-refractivity contribution is 6.33. The van der Waals surface area contributed by atoms with E-state index in [4.69, 9.17) is 23.2 Å². The van der Waals surface area contributed by atoms with Crippen molar-refractivity contribution >= 4 is 29.0 Å². The fourth-order valence-electron chi connectivity index (χ4n) is 0.914. The average Bonchev–Trinajstić information content (AvgIpc) is 1.96. The summed E-state index contributed by atoms with van der Waals surface area (Å²) >= 11 is 11.3. The molecule has 0 N–H and O–H groups in total. The van der Waals surface area contributed by atoms with Crippen molar-refractivity contribution in [1.82, 2.24) is 4.98 Å². The Bertz CT molecular complexity index is 336. The number of hydrogen-bond donors (Lipinski definition) is 0. The summed E-state index contributed by atoms with van der Waals surface area (Å²) in [5, 5.41) is 0.531. The highest BCUT2D eigenvalue weighted by atomic mass is 35.5. The number of nitrogens with zero attached hydrogens (tertiary/aromatic N) is 1. The van der Waals surface area contributed by atoms with E-state index >= 15 is 0 Å². The third-order valence-corrected chi connectivity index (χ3v) is 2.12. The Morgan fingerprint density at radius 1 is 1.50 bits per heavy atom. The van der Waals surface area contributed by atoms with Gasteiger partial charge in [-0.3, -0.25) is 4.79 Å². The normalized spacial score (nSPS) is 10.0. The predicted molar refractivity (Wildman–Crippen MR) is 49.0 cm³/mol. The summed E-state index contributed by atoms with van der Waals surface area (Å²) in [6, 6.07) is 1.52. The van der Waals surface area contributed by atoms with E-state index in [1.165, 1.54) is 13.0 Å². The van der Waals surface area contributed by atoms with Crippen molar-refractivity contribution in [3.05, 3.63) is 27.5 Å². The second kappa shape index (κ2) is 3.42. The summed E-state index contributed by atoms with van der Waals surface area (Å²) in [6.45, 7) is 3.21. The largest absolute Gasteiger partial charge is 0.294 e. The lowest BCUT2D eigenvalue weighted by atomic mass is 10.1. The van der Waals surface area contributed by atoms with Gasteiger partial charge in [-0.1, -0.05) is 23.2 Å². The van der Waals surface area contributed by atoms with Crippen LogP contribution < -0.4 is 0 Å². The lowest BCUT2D eigenvalue weighted by molar-refractivity contribution is 0.101. The molecule has 12 heavy (non-hydrogen) atoms. The first kappa shape index (κ1) is 9.49. The van der Waals surface area contributed by atoms with Crippen molar-refractivity contribution in [2.24, 2.45) is 0 Å². The molecule has 1 aromatic rings. The van der Waals surface area contributed by atoms with Gasteiger partial charge < -0.3 is 0 Å². The molecule has 0 bridgehead atoms. The maximum Gasteiger partial charge on any atom is 0.160 e. The molecule has 0 spiro atoms. The minimum atomic E-state index is -0.0568. The molecule has 0 atom stereocenters. The van der Waals surface area contributed by atoms with Crippen LogP contribution in [0.4, 0.5) is 0 Å². The molecule has 1 rings (SSSR count). The topological polar surface area (TPSA) is 30.0 Å². The lowest BCUT2D eigenvalue weighted by Gasteiger charge is -2.03. The number of rotatable bonds is 1. The third-order valence-electron chi connectivity index (χ3n) is 1.56. The first-order valence-electron chi connectivity index (χ1n) is 3.36. The molecule has 0 aliphatic carbocycles. The van der Waals surface area contributed by atoms with Crippen LogP contribution in [0.25, 0.3) is 0 Å². The van der Waals surface area contributed by atoms with E-state index in [0.29, 0.717) is 11.1 Å². The Labute approximate surface area is 80.5 Å². The van der Waals surface area contributed by atoms with Crippen LogP contribution in [0.15, 0.2) is 6.07 Å². The van der Waals surface area contributed by atoms with E-state index in [0.717, 1.165) is 0 Å². The zero-order valence-electron chi connectivity index (χ0n) is 6.69. The van der Waals surface area contributed by atoms with Crippen molar-refractivity contribution in [2.45, 2.75) is 13.8 Å². The van der Waals surface area contributed by atoms with Crippen LogP contribution in [0.3, 0.4) is 0 Å². The van der Waals surface area contributed by atoms with E-state index in [-0.39, 0.29) is 16.1 Å². The maximum atomic E-state index is 11.0. The molecule has 0 aliphatic rings. The number of halogens is 2. The monoisotopic (exact) mass is 203 g/mol. The molecule has 0 aliphatic heterocycles. The molecule has 0 amide bonds. The molecule has 0 saturated heterocycles. The van der Waals surface area contributed by atoms with Crippen molar-refractivity contribution in [3.63, 3.8) is 0 Å². The lowest BCUT2D eigenvalue weighted by Crippen LogP contribution is -1.98. The van der Waals surface area contributed by atoms with Gasteiger partial charge >= 0.3 is 0 Å². The van der Waals surface area contributed by atoms with Gasteiger partial charge in [0.05, 0.1) is 0 Å². The zero-order valence-corrected chi connectivity index (χ0v) is 8.20. The summed E-state index contributed by atoms with van der Waals surface area (Å²) in [4.78, 5) is 14.8. The molecule has 4 heteroatoms. The van der Waals surface area contributed by atoms with Gasteiger partial charge in [0.2, 0.25) is 0 Å². The highest BCUT2D eigenvalue weighted by Crippen LogP contribution is 2.20. The number of aromatic nitrogens is 1. The van der Waals surface area contributed by atoms with Gasteiger partial charge in [-0.05, 0) is 25.5 Å². The molecular formula is C8H7Cl2NO. The average molecular weight is 204 g/mol. The van der Waals surface area contributed by atoms with Crippen molar-refractivity contribution < 1.29 is 4.79 Å². The molecule has 1 aromatic heterocycles. The zero-order chi connectivity index (χ0) is 9.30. The smallest absolute Gasteiger partial charge is 0.160 e. The Morgan fingerprint density at radius 3 is 2.58 bits per heavy atom. The quantitative estimate of drug-likeness (QED) is 0.520. The minimum Gasteiger partial charge on any atom is -0.294 e. The standard InChI is InChI=1S/C8H7Cl2NO/c1-4-6(5(2)12)3-7(9)11-8(4)10/h3H,1-2H3. The Kier molecular flexibility index (Phi) is 2.70. The van der Waals surface area contributed by atoms with E-state index in [1.54, 1.807) is 6.92 Å². The van der Waals surface area contributed by atoms with Crippen LogP contribution in [-0.4, -0.2) is 10.8 Å². The van der Waals surface area contributed by atoms with Gasteiger partial charge in [-0.25, -0.2) is 4.98 Å².